The monoisotopic (exact) mass is 418 g/mol. The van der Waals surface area contributed by atoms with Crippen molar-refractivity contribution in [2.75, 3.05) is 38.2 Å². The maximum atomic E-state index is 13.1. The van der Waals surface area contributed by atoms with E-state index < -0.39 is 0 Å². The van der Waals surface area contributed by atoms with E-state index in [1.54, 1.807) is 24.3 Å². The normalized spacial score (nSPS) is 13.3. The first kappa shape index (κ1) is 22.5. The van der Waals surface area contributed by atoms with Gasteiger partial charge in [-0.05, 0) is 62.7 Å². The summed E-state index contributed by atoms with van der Waals surface area (Å²) < 4.78 is 5.87. The Balaban J connectivity index is 1.64. The van der Waals surface area contributed by atoms with E-state index in [4.69, 9.17) is 4.74 Å². The number of ketones is 1. The van der Waals surface area contributed by atoms with E-state index in [0.717, 1.165) is 42.9 Å². The fourth-order valence-corrected chi connectivity index (χ4v) is 3.64. The molecule has 1 aliphatic rings. The van der Waals surface area contributed by atoms with Crippen molar-refractivity contribution in [1.82, 2.24) is 4.90 Å². The van der Waals surface area contributed by atoms with Gasteiger partial charge in [-0.2, -0.15) is 0 Å². The van der Waals surface area contributed by atoms with Crippen LogP contribution >= 0.6 is 0 Å². The van der Waals surface area contributed by atoms with Crippen molar-refractivity contribution < 1.29 is 14.3 Å². The third kappa shape index (κ3) is 5.92. The van der Waals surface area contributed by atoms with Crippen LogP contribution in [0.4, 0.5) is 5.69 Å². The molecule has 3 rings (SSSR count). The average Bonchev–Trinajstić information content (AvgIpc) is 2.78. The van der Waals surface area contributed by atoms with E-state index >= 15 is 0 Å². The molecule has 5 heteroatoms. The third-order valence-corrected chi connectivity index (χ3v) is 5.32. The molecule has 2 aromatic rings. The number of fused-ring (bicyclic) bond motifs is 1. The van der Waals surface area contributed by atoms with Gasteiger partial charge in [-0.1, -0.05) is 30.4 Å². The zero-order valence-electron chi connectivity index (χ0n) is 18.3. The molecule has 0 N–H and O–H groups in total. The summed E-state index contributed by atoms with van der Waals surface area (Å²) >= 11 is 0. The number of hydrogen-bond donors (Lipinski definition) is 0. The molecule has 2 aromatic carbocycles. The SMILES string of the molecule is C=CCN(C)C/C=C/COc1ccc2c(c1)CCCN2C(=O)c1ccc(C(C)=O)cc1. The van der Waals surface area contributed by atoms with E-state index in [-0.39, 0.29) is 11.7 Å². The van der Waals surface area contributed by atoms with E-state index in [0.29, 0.717) is 24.3 Å². The lowest BCUT2D eigenvalue weighted by molar-refractivity contribution is 0.0981. The molecule has 162 valence electrons. The fourth-order valence-electron chi connectivity index (χ4n) is 3.64. The van der Waals surface area contributed by atoms with Crippen molar-refractivity contribution in [2.45, 2.75) is 19.8 Å². The van der Waals surface area contributed by atoms with Crippen molar-refractivity contribution in [1.29, 1.82) is 0 Å². The zero-order chi connectivity index (χ0) is 22.2. The van der Waals surface area contributed by atoms with Gasteiger partial charge in [0.05, 0.1) is 0 Å². The highest BCUT2D eigenvalue weighted by Crippen LogP contribution is 2.31. The van der Waals surface area contributed by atoms with E-state index in [2.05, 4.69) is 17.6 Å². The number of ether oxygens (including phenoxy) is 1. The van der Waals surface area contributed by atoms with Crippen LogP contribution in [0.5, 0.6) is 5.75 Å². The summed E-state index contributed by atoms with van der Waals surface area (Å²) in [6.07, 6.45) is 7.80. The van der Waals surface area contributed by atoms with E-state index in [9.17, 15) is 9.59 Å². The van der Waals surface area contributed by atoms with Gasteiger partial charge in [0.2, 0.25) is 0 Å². The molecule has 0 spiro atoms. The standard InChI is InChI=1S/C26H30N2O3/c1-4-15-27(3)16-5-6-18-31-24-13-14-25-23(19-24)8-7-17-28(25)26(30)22-11-9-21(10-12-22)20(2)29/h4-6,9-14,19H,1,7-8,15-18H2,2-3H3/b6-5+. The van der Waals surface area contributed by atoms with Crippen LogP contribution in [0, 0.1) is 0 Å². The molecular formula is C26H30N2O3. The highest BCUT2D eigenvalue weighted by Gasteiger charge is 2.24. The van der Waals surface area contributed by atoms with Crippen molar-refractivity contribution in [3.8, 4) is 5.75 Å². The number of aryl methyl sites for hydroxylation is 1. The number of hydrogen-bond acceptors (Lipinski definition) is 4. The Bertz CT molecular complexity index is 963. The number of nitrogens with zero attached hydrogens (tertiary/aromatic N) is 2. The Hall–Kier alpha value is -3.18. The number of Topliss-reactive ketones (excluding diaryl/α,β-unsaturated/α-hetero) is 1. The minimum absolute atomic E-state index is 0.00604. The van der Waals surface area contributed by atoms with Crippen LogP contribution in [0.25, 0.3) is 0 Å². The van der Waals surface area contributed by atoms with Crippen LogP contribution < -0.4 is 9.64 Å². The van der Waals surface area contributed by atoms with Gasteiger partial charge in [-0.25, -0.2) is 0 Å². The molecule has 0 aromatic heterocycles. The van der Waals surface area contributed by atoms with E-state index in [1.807, 2.05) is 42.3 Å². The zero-order valence-corrected chi connectivity index (χ0v) is 18.3. The maximum Gasteiger partial charge on any atom is 0.258 e. The Morgan fingerprint density at radius 2 is 1.84 bits per heavy atom. The predicted molar refractivity (Wildman–Crippen MR) is 125 cm³/mol. The van der Waals surface area contributed by atoms with Crippen LogP contribution in [0.2, 0.25) is 0 Å². The molecule has 5 nitrogen and oxygen atoms in total. The molecule has 0 radical (unpaired) electrons. The van der Waals surface area contributed by atoms with Crippen molar-refractivity contribution >= 4 is 17.4 Å². The van der Waals surface area contributed by atoms with Crippen LogP contribution in [0.1, 0.15) is 39.6 Å². The maximum absolute atomic E-state index is 13.1. The van der Waals surface area contributed by atoms with Gasteiger partial charge in [0, 0.05) is 36.4 Å². The Kier molecular flexibility index (Phi) is 7.79. The summed E-state index contributed by atoms with van der Waals surface area (Å²) in [5.74, 6) is 0.757. The van der Waals surface area contributed by atoms with Crippen LogP contribution in [0.3, 0.4) is 0 Å². The van der Waals surface area contributed by atoms with Gasteiger partial charge in [0.25, 0.3) is 5.91 Å². The van der Waals surface area contributed by atoms with Crippen molar-refractivity contribution in [3.05, 3.63) is 84.0 Å². The first-order chi connectivity index (χ1) is 15.0. The quantitative estimate of drug-likeness (QED) is 0.443. The molecule has 0 atom stereocenters. The molecule has 1 amide bonds. The molecule has 0 saturated heterocycles. The number of rotatable bonds is 9. The summed E-state index contributed by atoms with van der Waals surface area (Å²) in [4.78, 5) is 28.5. The van der Waals surface area contributed by atoms with Gasteiger partial charge >= 0.3 is 0 Å². The number of benzene rings is 2. The largest absolute Gasteiger partial charge is 0.490 e. The van der Waals surface area contributed by atoms with Gasteiger partial charge in [-0.15, -0.1) is 6.58 Å². The number of anilines is 1. The highest BCUT2D eigenvalue weighted by molar-refractivity contribution is 6.07. The van der Waals surface area contributed by atoms with Crippen molar-refractivity contribution in [2.24, 2.45) is 0 Å². The summed E-state index contributed by atoms with van der Waals surface area (Å²) in [5.41, 5.74) is 3.25. The number of carbonyl (C=O) groups is 2. The van der Waals surface area contributed by atoms with Crippen LogP contribution in [0.15, 0.2) is 67.3 Å². The number of amides is 1. The molecule has 1 aliphatic heterocycles. The Morgan fingerprint density at radius 3 is 2.55 bits per heavy atom. The van der Waals surface area contributed by atoms with Crippen molar-refractivity contribution in [3.63, 3.8) is 0 Å². The van der Waals surface area contributed by atoms with Crippen LogP contribution in [-0.4, -0.2) is 49.9 Å². The summed E-state index contributed by atoms with van der Waals surface area (Å²) in [5, 5.41) is 0. The minimum atomic E-state index is -0.0451. The molecule has 0 unspecified atom stereocenters. The smallest absolute Gasteiger partial charge is 0.258 e. The fraction of sp³-hybridized carbons (Fsp3) is 0.308. The van der Waals surface area contributed by atoms with Gasteiger partial charge < -0.3 is 9.64 Å². The van der Waals surface area contributed by atoms with E-state index in [1.165, 1.54) is 6.92 Å². The molecule has 31 heavy (non-hydrogen) atoms. The summed E-state index contributed by atoms with van der Waals surface area (Å²) in [6, 6.07) is 12.8. The molecule has 0 bridgehead atoms. The lowest BCUT2D eigenvalue weighted by atomic mass is 10.00. The molecular weight excluding hydrogens is 388 g/mol. The lowest BCUT2D eigenvalue weighted by Gasteiger charge is -2.30. The second kappa shape index (κ2) is 10.7. The topological polar surface area (TPSA) is 49.9 Å². The Morgan fingerprint density at radius 1 is 1.10 bits per heavy atom. The highest BCUT2D eigenvalue weighted by atomic mass is 16.5. The van der Waals surface area contributed by atoms with Gasteiger partial charge in [0.1, 0.15) is 12.4 Å². The van der Waals surface area contributed by atoms with Gasteiger partial charge in [0.15, 0.2) is 5.78 Å². The second-order valence-electron chi connectivity index (χ2n) is 7.78. The minimum Gasteiger partial charge on any atom is -0.490 e. The van der Waals surface area contributed by atoms with Crippen LogP contribution in [-0.2, 0) is 6.42 Å². The third-order valence-electron chi connectivity index (χ3n) is 5.32. The number of likely N-dealkylation sites (N-methyl/N-ethyl adjacent to an activating group) is 1. The predicted octanol–water partition coefficient (Wildman–Crippen LogP) is 4.54. The second-order valence-corrected chi connectivity index (χ2v) is 7.78. The average molecular weight is 419 g/mol. The van der Waals surface area contributed by atoms with Gasteiger partial charge in [-0.3, -0.25) is 14.5 Å². The lowest BCUT2D eigenvalue weighted by Crippen LogP contribution is -2.35. The molecule has 1 heterocycles. The number of carbonyl (C=O) groups excluding carboxylic acids is 2. The summed E-state index contributed by atoms with van der Waals surface area (Å²) in [7, 11) is 2.04. The molecule has 0 fully saturated rings. The molecule has 0 saturated carbocycles. The summed E-state index contributed by atoms with van der Waals surface area (Å²) in [6.45, 7) is 8.15. The Labute approximate surface area is 184 Å². The molecule has 0 aliphatic carbocycles. The first-order valence-corrected chi connectivity index (χ1v) is 10.6. The first-order valence-electron chi connectivity index (χ1n) is 10.6.